The fraction of sp³-hybridized carbons (Fsp3) is 0.0833. The van der Waals surface area contributed by atoms with Gasteiger partial charge < -0.3 is 14.8 Å². The van der Waals surface area contributed by atoms with Crippen molar-refractivity contribution in [1.82, 2.24) is 0 Å². The summed E-state index contributed by atoms with van der Waals surface area (Å²) in [6.45, 7) is 2.06. The molecule has 1 N–H and O–H groups in total. The van der Waals surface area contributed by atoms with Crippen LogP contribution in [0.5, 0.6) is 11.5 Å². The first-order valence-corrected chi connectivity index (χ1v) is 9.73. The minimum Gasteiger partial charge on any atom is -0.463 e. The van der Waals surface area contributed by atoms with Gasteiger partial charge in [-0.05, 0) is 48.9 Å². The Morgan fingerprint density at radius 2 is 1.75 bits per heavy atom. The van der Waals surface area contributed by atoms with E-state index in [1.54, 1.807) is 61.5 Å². The first kappa shape index (κ1) is 22.2. The highest BCUT2D eigenvalue weighted by atomic mass is 16.6. The minimum absolute atomic E-state index is 0.157. The number of carbonyl (C=O) groups excluding carboxylic acids is 2. The summed E-state index contributed by atoms with van der Waals surface area (Å²) in [4.78, 5) is 34.2. The van der Waals surface area contributed by atoms with E-state index in [2.05, 4.69) is 5.32 Å². The second-order valence-corrected chi connectivity index (χ2v) is 6.55. The quantitative estimate of drug-likeness (QED) is 0.226. The molecule has 8 nitrogen and oxygen atoms in total. The van der Waals surface area contributed by atoms with E-state index in [1.807, 2.05) is 0 Å². The number of benzene rings is 3. The number of anilines is 1. The van der Waals surface area contributed by atoms with Crippen molar-refractivity contribution in [2.45, 2.75) is 6.92 Å². The molecular formula is C24H20N2O6. The van der Waals surface area contributed by atoms with E-state index in [4.69, 9.17) is 9.47 Å². The fourth-order valence-corrected chi connectivity index (χ4v) is 2.74. The summed E-state index contributed by atoms with van der Waals surface area (Å²) < 4.78 is 10.7. The summed E-state index contributed by atoms with van der Waals surface area (Å²) in [5, 5.41) is 13.6. The average Bonchev–Trinajstić information content (AvgIpc) is 2.79. The second-order valence-electron chi connectivity index (χ2n) is 6.55. The van der Waals surface area contributed by atoms with Crippen molar-refractivity contribution < 1.29 is 24.0 Å². The van der Waals surface area contributed by atoms with Crippen LogP contribution in [-0.4, -0.2) is 23.4 Å². The van der Waals surface area contributed by atoms with Gasteiger partial charge in [-0.2, -0.15) is 0 Å². The number of hydrogen-bond donors (Lipinski definition) is 1. The lowest BCUT2D eigenvalue weighted by Gasteiger charge is -2.09. The number of non-ortho nitro benzene ring substituents is 1. The van der Waals surface area contributed by atoms with E-state index < -0.39 is 16.8 Å². The number of nitrogens with one attached hydrogen (secondary N) is 1. The van der Waals surface area contributed by atoms with Crippen molar-refractivity contribution in [1.29, 1.82) is 0 Å². The van der Waals surface area contributed by atoms with E-state index in [1.165, 1.54) is 30.3 Å². The topological polar surface area (TPSA) is 108 Å². The summed E-state index contributed by atoms with van der Waals surface area (Å²) in [5.41, 5.74) is 1.31. The number of esters is 1. The summed E-state index contributed by atoms with van der Waals surface area (Å²) in [7, 11) is 0. The molecule has 0 aliphatic heterocycles. The molecule has 0 heterocycles. The molecule has 3 rings (SSSR count). The van der Waals surface area contributed by atoms with Crippen LogP contribution in [0.4, 0.5) is 11.4 Å². The Hall–Kier alpha value is -4.46. The molecule has 0 unspecified atom stereocenters. The smallest absolute Gasteiger partial charge is 0.330 e. The normalized spacial score (nSPS) is 10.5. The summed E-state index contributed by atoms with van der Waals surface area (Å²) in [6.07, 6.45) is 3.00. The molecule has 0 spiro atoms. The molecule has 0 fully saturated rings. The number of carbonyl (C=O) groups is 2. The molecule has 0 radical (unpaired) electrons. The van der Waals surface area contributed by atoms with Crippen LogP contribution in [0.1, 0.15) is 22.8 Å². The molecule has 1 amide bonds. The van der Waals surface area contributed by atoms with Crippen LogP contribution in [0.25, 0.3) is 6.08 Å². The number of nitro groups is 1. The number of nitrogens with zero attached hydrogens (tertiary/aromatic N) is 1. The Kier molecular flexibility index (Phi) is 7.32. The Morgan fingerprint density at radius 1 is 1.00 bits per heavy atom. The Bertz CT molecular complexity index is 1160. The third kappa shape index (κ3) is 6.27. The monoisotopic (exact) mass is 432 g/mol. The van der Waals surface area contributed by atoms with Crippen LogP contribution in [0, 0.1) is 10.1 Å². The molecule has 0 aliphatic rings. The second kappa shape index (κ2) is 10.5. The number of nitro benzene ring substituents is 1. The predicted molar refractivity (Wildman–Crippen MR) is 120 cm³/mol. The summed E-state index contributed by atoms with van der Waals surface area (Å²) in [5.74, 6) is 0.192. The van der Waals surface area contributed by atoms with Crippen molar-refractivity contribution in [3.8, 4) is 11.5 Å². The van der Waals surface area contributed by atoms with Gasteiger partial charge in [0.05, 0.1) is 11.5 Å². The van der Waals surface area contributed by atoms with Crippen LogP contribution in [0.15, 0.2) is 78.9 Å². The maximum Gasteiger partial charge on any atom is 0.330 e. The van der Waals surface area contributed by atoms with E-state index in [0.29, 0.717) is 23.8 Å². The van der Waals surface area contributed by atoms with Gasteiger partial charge in [-0.1, -0.05) is 24.3 Å². The molecule has 8 heteroatoms. The van der Waals surface area contributed by atoms with Gasteiger partial charge in [-0.3, -0.25) is 14.9 Å². The minimum atomic E-state index is -0.552. The van der Waals surface area contributed by atoms with Gasteiger partial charge in [0.25, 0.3) is 11.6 Å². The molecule has 32 heavy (non-hydrogen) atoms. The van der Waals surface area contributed by atoms with Crippen LogP contribution in [-0.2, 0) is 9.53 Å². The van der Waals surface area contributed by atoms with Crippen LogP contribution in [0.2, 0.25) is 0 Å². The van der Waals surface area contributed by atoms with Gasteiger partial charge in [0, 0.05) is 35.5 Å². The Morgan fingerprint density at radius 3 is 2.47 bits per heavy atom. The Labute approximate surface area is 184 Å². The van der Waals surface area contributed by atoms with E-state index in [9.17, 15) is 19.7 Å². The third-order valence-corrected chi connectivity index (χ3v) is 4.23. The Balaban J connectivity index is 1.65. The van der Waals surface area contributed by atoms with E-state index in [-0.39, 0.29) is 11.3 Å². The summed E-state index contributed by atoms with van der Waals surface area (Å²) >= 11 is 0. The first-order valence-electron chi connectivity index (χ1n) is 9.73. The maximum atomic E-state index is 12.4. The van der Waals surface area contributed by atoms with Gasteiger partial charge in [0.1, 0.15) is 11.5 Å². The van der Waals surface area contributed by atoms with Gasteiger partial charge in [-0.15, -0.1) is 0 Å². The standard InChI is InChI=1S/C24H20N2O6/c1-2-31-23(27)14-11-17-9-12-21(13-10-17)32-22-8-4-6-19(16-22)25-24(28)18-5-3-7-20(15-18)26(29)30/h3-16H,2H2,1H3,(H,25,28)/b14-11+. The molecule has 3 aromatic rings. The zero-order valence-electron chi connectivity index (χ0n) is 17.2. The molecule has 0 saturated carbocycles. The third-order valence-electron chi connectivity index (χ3n) is 4.23. The van der Waals surface area contributed by atoms with Crippen LogP contribution < -0.4 is 10.1 Å². The molecular weight excluding hydrogens is 412 g/mol. The van der Waals surface area contributed by atoms with Crippen molar-refractivity contribution in [2.24, 2.45) is 0 Å². The lowest BCUT2D eigenvalue weighted by Crippen LogP contribution is -2.12. The lowest BCUT2D eigenvalue weighted by molar-refractivity contribution is -0.384. The summed E-state index contributed by atoms with van der Waals surface area (Å²) in [6, 6.07) is 19.4. The van der Waals surface area contributed by atoms with Crippen molar-refractivity contribution in [2.75, 3.05) is 11.9 Å². The number of amides is 1. The molecule has 162 valence electrons. The molecule has 0 aliphatic carbocycles. The van der Waals surface area contributed by atoms with Gasteiger partial charge >= 0.3 is 5.97 Å². The zero-order valence-corrected chi connectivity index (χ0v) is 17.2. The maximum absolute atomic E-state index is 12.4. The van der Waals surface area contributed by atoms with E-state index in [0.717, 1.165) is 5.56 Å². The van der Waals surface area contributed by atoms with Crippen LogP contribution in [0.3, 0.4) is 0 Å². The SMILES string of the molecule is CCOC(=O)/C=C/c1ccc(Oc2cccc(NC(=O)c3cccc([N+](=O)[O-])c3)c2)cc1. The first-order chi connectivity index (χ1) is 15.4. The zero-order chi connectivity index (χ0) is 22.9. The predicted octanol–water partition coefficient (Wildman–Crippen LogP) is 5.22. The molecule has 0 atom stereocenters. The number of ether oxygens (including phenoxy) is 2. The number of hydrogen-bond acceptors (Lipinski definition) is 6. The molecule has 3 aromatic carbocycles. The van der Waals surface area contributed by atoms with Crippen molar-refractivity contribution >= 4 is 29.3 Å². The van der Waals surface area contributed by atoms with Crippen molar-refractivity contribution in [3.63, 3.8) is 0 Å². The highest BCUT2D eigenvalue weighted by Gasteiger charge is 2.12. The molecule has 0 bridgehead atoms. The fourth-order valence-electron chi connectivity index (χ4n) is 2.74. The highest BCUT2D eigenvalue weighted by molar-refractivity contribution is 6.04. The molecule has 0 saturated heterocycles. The van der Waals surface area contributed by atoms with Gasteiger partial charge in [-0.25, -0.2) is 4.79 Å². The average molecular weight is 432 g/mol. The largest absolute Gasteiger partial charge is 0.463 e. The number of rotatable bonds is 8. The highest BCUT2D eigenvalue weighted by Crippen LogP contribution is 2.25. The lowest BCUT2D eigenvalue weighted by atomic mass is 10.2. The van der Waals surface area contributed by atoms with E-state index >= 15 is 0 Å². The van der Waals surface area contributed by atoms with Crippen LogP contribution >= 0.6 is 0 Å². The van der Waals surface area contributed by atoms with Gasteiger partial charge in [0.15, 0.2) is 0 Å². The van der Waals surface area contributed by atoms with Crippen molar-refractivity contribution in [3.05, 3.63) is 100 Å². The molecule has 0 aromatic heterocycles. The van der Waals surface area contributed by atoms with Gasteiger partial charge in [0.2, 0.25) is 0 Å².